The van der Waals surface area contributed by atoms with E-state index in [0.29, 0.717) is 13.1 Å². The number of hydrogen-bond donors (Lipinski definition) is 3. The number of nitrogens with one attached hydrogen (secondary N) is 2. The molecule has 0 aliphatic carbocycles. The third kappa shape index (κ3) is 4.70. The molecule has 0 aromatic carbocycles. The Morgan fingerprint density at radius 1 is 1.28 bits per heavy atom. The van der Waals surface area contributed by atoms with Gasteiger partial charge in [0.05, 0.1) is 13.1 Å². The van der Waals surface area contributed by atoms with E-state index in [9.17, 15) is 14.4 Å². The summed E-state index contributed by atoms with van der Waals surface area (Å²) in [5.74, 6) is -0.496. The fraction of sp³-hybridized carbons (Fsp3) is 0.727. The molecule has 7 heteroatoms. The Morgan fingerprint density at radius 2 is 1.89 bits per heavy atom. The summed E-state index contributed by atoms with van der Waals surface area (Å²) in [6, 6.07) is 0.144. The lowest BCUT2D eigenvalue weighted by atomic mass is 10.1. The molecule has 1 aliphatic rings. The molecule has 0 unspecified atom stereocenters. The highest BCUT2D eigenvalue weighted by Gasteiger charge is 2.22. The third-order valence-electron chi connectivity index (χ3n) is 2.88. The maximum absolute atomic E-state index is 11.7. The summed E-state index contributed by atoms with van der Waals surface area (Å²) in [5, 5.41) is 5.29. The van der Waals surface area contributed by atoms with Crippen LogP contribution in [0.3, 0.4) is 0 Å². The zero-order chi connectivity index (χ0) is 13.5. The molecule has 0 aromatic rings. The van der Waals surface area contributed by atoms with Crippen LogP contribution in [0, 0.1) is 0 Å². The van der Waals surface area contributed by atoms with Crippen LogP contribution in [0.4, 0.5) is 0 Å². The van der Waals surface area contributed by atoms with Crippen molar-refractivity contribution in [1.29, 1.82) is 0 Å². The molecule has 1 aliphatic heterocycles. The lowest BCUT2D eigenvalue weighted by molar-refractivity contribution is -0.133. The van der Waals surface area contributed by atoms with Crippen molar-refractivity contribution in [1.82, 2.24) is 15.5 Å². The number of nitrogens with two attached hydrogens (primary N) is 1. The minimum Gasteiger partial charge on any atom is -0.353 e. The molecule has 0 saturated carbocycles. The number of rotatable bonds is 4. The summed E-state index contributed by atoms with van der Waals surface area (Å²) in [6.45, 7) is 2.56. The van der Waals surface area contributed by atoms with Gasteiger partial charge >= 0.3 is 0 Å². The van der Waals surface area contributed by atoms with Gasteiger partial charge in [0.15, 0.2) is 0 Å². The number of carbonyl (C=O) groups excluding carboxylic acids is 3. The first-order valence-corrected chi connectivity index (χ1v) is 6.04. The minimum absolute atomic E-state index is 0.0131. The number of nitrogens with zero attached hydrogens (tertiary/aromatic N) is 1. The largest absolute Gasteiger partial charge is 0.353 e. The molecular formula is C11H20N4O3. The van der Waals surface area contributed by atoms with E-state index in [1.54, 1.807) is 4.90 Å². The fourth-order valence-electron chi connectivity index (χ4n) is 1.92. The van der Waals surface area contributed by atoms with Crippen LogP contribution in [0.1, 0.15) is 19.8 Å². The topological polar surface area (TPSA) is 105 Å². The number of piperidine rings is 1. The maximum Gasteiger partial charge on any atom is 0.241 e. The molecule has 1 rings (SSSR count). The zero-order valence-corrected chi connectivity index (χ0v) is 10.6. The SMILES string of the molecule is CC(=O)NC1CCN(C(=O)CNC(=O)CN)CC1. The molecular weight excluding hydrogens is 236 g/mol. The maximum atomic E-state index is 11.7. The Hall–Kier alpha value is -1.63. The highest BCUT2D eigenvalue weighted by atomic mass is 16.2. The monoisotopic (exact) mass is 256 g/mol. The van der Waals surface area contributed by atoms with Crippen molar-refractivity contribution in [3.63, 3.8) is 0 Å². The van der Waals surface area contributed by atoms with Crippen molar-refractivity contribution >= 4 is 17.7 Å². The molecule has 0 radical (unpaired) electrons. The van der Waals surface area contributed by atoms with Gasteiger partial charge in [-0.1, -0.05) is 0 Å². The van der Waals surface area contributed by atoms with Crippen molar-refractivity contribution in [2.45, 2.75) is 25.8 Å². The van der Waals surface area contributed by atoms with Gasteiger partial charge in [-0.3, -0.25) is 14.4 Å². The van der Waals surface area contributed by atoms with Crippen LogP contribution in [0.15, 0.2) is 0 Å². The molecule has 102 valence electrons. The van der Waals surface area contributed by atoms with Crippen LogP contribution in [-0.4, -0.2) is 54.8 Å². The standard InChI is InChI=1S/C11H20N4O3/c1-8(16)14-9-2-4-15(5-3-9)11(18)7-13-10(17)6-12/h9H,2-7,12H2,1H3,(H,13,17)(H,14,16). The predicted octanol–water partition coefficient (Wildman–Crippen LogP) is -1.81. The van der Waals surface area contributed by atoms with Gasteiger partial charge in [-0.2, -0.15) is 0 Å². The van der Waals surface area contributed by atoms with Crippen LogP contribution in [0.25, 0.3) is 0 Å². The van der Waals surface area contributed by atoms with Crippen molar-refractivity contribution in [3.05, 3.63) is 0 Å². The first kappa shape index (κ1) is 14.4. The van der Waals surface area contributed by atoms with Crippen molar-refractivity contribution in [2.75, 3.05) is 26.2 Å². The molecule has 1 saturated heterocycles. The Labute approximate surface area is 106 Å². The molecule has 1 heterocycles. The first-order valence-electron chi connectivity index (χ1n) is 6.04. The number of likely N-dealkylation sites (tertiary alicyclic amines) is 1. The van der Waals surface area contributed by atoms with Crippen LogP contribution in [-0.2, 0) is 14.4 Å². The number of hydrogen-bond acceptors (Lipinski definition) is 4. The molecule has 4 N–H and O–H groups in total. The number of amides is 3. The average Bonchev–Trinajstić information content (AvgIpc) is 2.35. The second-order valence-electron chi connectivity index (χ2n) is 4.34. The van der Waals surface area contributed by atoms with Gasteiger partial charge in [-0.15, -0.1) is 0 Å². The van der Waals surface area contributed by atoms with Crippen molar-refractivity contribution in [3.8, 4) is 0 Å². The summed E-state index contributed by atoms with van der Waals surface area (Å²) in [6.07, 6.45) is 1.49. The lowest BCUT2D eigenvalue weighted by Gasteiger charge is -2.32. The Morgan fingerprint density at radius 3 is 2.39 bits per heavy atom. The third-order valence-corrected chi connectivity index (χ3v) is 2.88. The molecule has 18 heavy (non-hydrogen) atoms. The van der Waals surface area contributed by atoms with E-state index >= 15 is 0 Å². The van der Waals surface area contributed by atoms with E-state index in [2.05, 4.69) is 10.6 Å². The van der Waals surface area contributed by atoms with Gasteiger partial charge < -0.3 is 21.3 Å². The van der Waals surface area contributed by atoms with Gasteiger partial charge in [0.2, 0.25) is 17.7 Å². The molecule has 7 nitrogen and oxygen atoms in total. The van der Waals surface area contributed by atoms with Crippen molar-refractivity contribution in [2.24, 2.45) is 5.73 Å². The van der Waals surface area contributed by atoms with Gasteiger partial charge in [0.25, 0.3) is 0 Å². The van der Waals surface area contributed by atoms with E-state index < -0.39 is 0 Å². The Balaban J connectivity index is 2.27. The van der Waals surface area contributed by atoms with Crippen LogP contribution < -0.4 is 16.4 Å². The van der Waals surface area contributed by atoms with Gasteiger partial charge in [-0.05, 0) is 12.8 Å². The van der Waals surface area contributed by atoms with E-state index in [-0.39, 0.29) is 36.9 Å². The summed E-state index contributed by atoms with van der Waals surface area (Å²) < 4.78 is 0. The van der Waals surface area contributed by atoms with Gasteiger partial charge in [0, 0.05) is 26.1 Å². The molecule has 0 spiro atoms. The van der Waals surface area contributed by atoms with E-state index in [0.717, 1.165) is 12.8 Å². The van der Waals surface area contributed by atoms with Crippen LogP contribution >= 0.6 is 0 Å². The molecule has 0 aromatic heterocycles. The van der Waals surface area contributed by atoms with E-state index in [1.165, 1.54) is 6.92 Å². The molecule has 0 atom stereocenters. The van der Waals surface area contributed by atoms with E-state index in [1.807, 2.05) is 0 Å². The summed E-state index contributed by atoms with van der Waals surface area (Å²) in [4.78, 5) is 35.2. The smallest absolute Gasteiger partial charge is 0.241 e. The van der Waals surface area contributed by atoms with Crippen molar-refractivity contribution < 1.29 is 14.4 Å². The Bertz CT molecular complexity index is 324. The fourth-order valence-corrected chi connectivity index (χ4v) is 1.92. The predicted molar refractivity (Wildman–Crippen MR) is 65.5 cm³/mol. The Kier molecular flexibility index (Phi) is 5.57. The van der Waals surface area contributed by atoms with E-state index in [4.69, 9.17) is 5.73 Å². The lowest BCUT2D eigenvalue weighted by Crippen LogP contribution is -2.49. The first-order chi connectivity index (χ1) is 8.52. The molecule has 3 amide bonds. The summed E-state index contributed by atoms with van der Waals surface area (Å²) >= 11 is 0. The highest BCUT2D eigenvalue weighted by Crippen LogP contribution is 2.10. The number of carbonyl (C=O) groups is 3. The molecule has 0 bridgehead atoms. The second-order valence-corrected chi connectivity index (χ2v) is 4.34. The van der Waals surface area contributed by atoms with Gasteiger partial charge in [0.1, 0.15) is 0 Å². The molecule has 1 fully saturated rings. The highest BCUT2D eigenvalue weighted by molar-refractivity contribution is 5.85. The second kappa shape index (κ2) is 6.95. The summed E-state index contributed by atoms with van der Waals surface area (Å²) in [5.41, 5.74) is 5.12. The summed E-state index contributed by atoms with van der Waals surface area (Å²) in [7, 11) is 0. The quantitative estimate of drug-likeness (QED) is 0.551. The van der Waals surface area contributed by atoms with Gasteiger partial charge in [-0.25, -0.2) is 0 Å². The van der Waals surface area contributed by atoms with Crippen LogP contribution in [0.2, 0.25) is 0 Å². The average molecular weight is 256 g/mol. The normalized spacial score (nSPS) is 16.2. The zero-order valence-electron chi connectivity index (χ0n) is 10.6. The van der Waals surface area contributed by atoms with Crippen LogP contribution in [0.5, 0.6) is 0 Å². The minimum atomic E-state index is -0.337.